The Balaban J connectivity index is 1.25. The molecule has 0 amide bonds. The lowest BCUT2D eigenvalue weighted by molar-refractivity contribution is -0.00628. The van der Waals surface area contributed by atoms with E-state index in [0.29, 0.717) is 11.5 Å². The lowest BCUT2D eigenvalue weighted by Crippen LogP contribution is -2.35. The van der Waals surface area contributed by atoms with Crippen molar-refractivity contribution in [1.82, 2.24) is 0 Å². The van der Waals surface area contributed by atoms with Crippen molar-refractivity contribution in [3.8, 4) is 5.75 Å². The Kier molecular flexibility index (Phi) is 8.36. The predicted molar refractivity (Wildman–Crippen MR) is 129 cm³/mol. The van der Waals surface area contributed by atoms with E-state index in [1.807, 2.05) is 0 Å². The van der Waals surface area contributed by atoms with Crippen LogP contribution < -0.4 is 4.74 Å². The van der Waals surface area contributed by atoms with Gasteiger partial charge in [0, 0.05) is 0 Å². The van der Waals surface area contributed by atoms with Crippen molar-refractivity contribution in [3.63, 3.8) is 0 Å². The molecule has 34 heavy (non-hydrogen) atoms. The summed E-state index contributed by atoms with van der Waals surface area (Å²) in [6.07, 6.45) is 12.3. The van der Waals surface area contributed by atoms with Crippen LogP contribution >= 0.6 is 0 Å². The maximum absolute atomic E-state index is 13.8. The van der Waals surface area contributed by atoms with Crippen LogP contribution in [-0.4, -0.2) is 18.0 Å². The summed E-state index contributed by atoms with van der Waals surface area (Å²) in [5, 5.41) is 0. The minimum atomic E-state index is -0.773. The van der Waals surface area contributed by atoms with E-state index in [0.717, 1.165) is 31.1 Å². The Labute approximate surface area is 201 Å². The molecule has 0 heterocycles. The SMILES string of the molecule is CCCCC[C@@H]1CC[C@@H]2C[C@H](OC(=O)c3ccc(OC(=O)c4ccccc4F)cc3)CC[C@@H]2C1. The topological polar surface area (TPSA) is 52.6 Å². The number of ether oxygens (including phenoxy) is 2. The van der Waals surface area contributed by atoms with Gasteiger partial charge in [-0.1, -0.05) is 51.2 Å². The molecule has 0 N–H and O–H groups in total. The number of carbonyl (C=O) groups excluding carboxylic acids is 2. The average molecular weight is 467 g/mol. The fourth-order valence-corrected chi connectivity index (χ4v) is 5.66. The monoisotopic (exact) mass is 466 g/mol. The summed E-state index contributed by atoms with van der Waals surface area (Å²) in [7, 11) is 0. The molecule has 4 atom stereocenters. The van der Waals surface area contributed by atoms with Gasteiger partial charge in [0.25, 0.3) is 0 Å². The van der Waals surface area contributed by atoms with Crippen LogP contribution in [0.15, 0.2) is 48.5 Å². The van der Waals surface area contributed by atoms with E-state index in [4.69, 9.17) is 9.47 Å². The maximum Gasteiger partial charge on any atom is 0.346 e. The van der Waals surface area contributed by atoms with Crippen LogP contribution in [0.2, 0.25) is 0 Å². The zero-order valence-corrected chi connectivity index (χ0v) is 20.0. The number of rotatable bonds is 8. The third kappa shape index (κ3) is 6.25. The molecule has 0 unspecified atom stereocenters. The Morgan fingerprint density at radius 2 is 1.62 bits per heavy atom. The van der Waals surface area contributed by atoms with Crippen molar-refractivity contribution >= 4 is 11.9 Å². The van der Waals surface area contributed by atoms with E-state index in [9.17, 15) is 14.0 Å². The van der Waals surface area contributed by atoms with Crippen LogP contribution in [0.25, 0.3) is 0 Å². The van der Waals surface area contributed by atoms with Gasteiger partial charge in [0.1, 0.15) is 17.7 Å². The van der Waals surface area contributed by atoms with Crippen molar-refractivity contribution in [1.29, 1.82) is 0 Å². The number of hydrogen-bond acceptors (Lipinski definition) is 4. The molecule has 0 bridgehead atoms. The van der Waals surface area contributed by atoms with Crippen LogP contribution in [-0.2, 0) is 4.74 Å². The van der Waals surface area contributed by atoms with E-state index in [1.165, 1.54) is 75.3 Å². The van der Waals surface area contributed by atoms with E-state index in [2.05, 4.69) is 6.92 Å². The number of benzene rings is 2. The van der Waals surface area contributed by atoms with Gasteiger partial charge in [-0.05, 0) is 86.3 Å². The van der Waals surface area contributed by atoms with Gasteiger partial charge in [-0.2, -0.15) is 0 Å². The molecule has 2 aromatic rings. The highest BCUT2D eigenvalue weighted by atomic mass is 19.1. The third-order valence-corrected chi connectivity index (χ3v) is 7.56. The highest BCUT2D eigenvalue weighted by molar-refractivity contribution is 5.92. The molecule has 5 heteroatoms. The van der Waals surface area contributed by atoms with Gasteiger partial charge >= 0.3 is 11.9 Å². The second-order valence-electron chi connectivity index (χ2n) is 9.93. The van der Waals surface area contributed by atoms with Gasteiger partial charge < -0.3 is 9.47 Å². The molecule has 2 fully saturated rings. The second-order valence-corrected chi connectivity index (χ2v) is 9.93. The summed E-state index contributed by atoms with van der Waals surface area (Å²) in [5.41, 5.74) is 0.295. The van der Waals surface area contributed by atoms with Crippen molar-refractivity contribution in [2.45, 2.75) is 77.2 Å². The molecule has 182 valence electrons. The molecule has 0 aromatic heterocycles. The van der Waals surface area contributed by atoms with Crippen molar-refractivity contribution < 1.29 is 23.5 Å². The van der Waals surface area contributed by atoms with E-state index in [1.54, 1.807) is 18.2 Å². The summed E-state index contributed by atoms with van der Waals surface area (Å²) in [4.78, 5) is 24.9. The van der Waals surface area contributed by atoms with Gasteiger partial charge in [0.15, 0.2) is 0 Å². The number of carbonyl (C=O) groups is 2. The molecule has 2 saturated carbocycles. The lowest BCUT2D eigenvalue weighted by Gasteiger charge is -2.42. The van der Waals surface area contributed by atoms with E-state index < -0.39 is 11.8 Å². The lowest BCUT2D eigenvalue weighted by atomic mass is 9.66. The fraction of sp³-hybridized carbons (Fsp3) is 0.517. The van der Waals surface area contributed by atoms with Gasteiger partial charge in [-0.25, -0.2) is 14.0 Å². The zero-order chi connectivity index (χ0) is 23.9. The summed E-state index contributed by atoms with van der Waals surface area (Å²) < 4.78 is 24.8. The van der Waals surface area contributed by atoms with Crippen LogP contribution in [0.3, 0.4) is 0 Å². The molecule has 0 radical (unpaired) electrons. The Morgan fingerprint density at radius 3 is 2.38 bits per heavy atom. The summed E-state index contributed by atoms with van der Waals surface area (Å²) in [5.74, 6) is 0.855. The summed E-state index contributed by atoms with van der Waals surface area (Å²) >= 11 is 0. The number of halogens is 1. The number of fused-ring (bicyclic) bond motifs is 1. The fourth-order valence-electron chi connectivity index (χ4n) is 5.66. The van der Waals surface area contributed by atoms with Crippen LogP contribution in [0.5, 0.6) is 5.75 Å². The van der Waals surface area contributed by atoms with Gasteiger partial charge in [-0.3, -0.25) is 0 Å². The molecule has 0 saturated heterocycles. The second kappa shape index (κ2) is 11.6. The van der Waals surface area contributed by atoms with Crippen LogP contribution in [0.4, 0.5) is 4.39 Å². The average Bonchev–Trinajstić information content (AvgIpc) is 2.85. The molecule has 2 aliphatic rings. The molecule has 0 aliphatic heterocycles. The quantitative estimate of drug-likeness (QED) is 0.232. The molecule has 0 spiro atoms. The number of unbranched alkanes of at least 4 members (excludes halogenated alkanes) is 2. The first-order valence-corrected chi connectivity index (χ1v) is 12.8. The predicted octanol–water partition coefficient (Wildman–Crippen LogP) is 7.37. The van der Waals surface area contributed by atoms with Crippen molar-refractivity contribution in [2.75, 3.05) is 0 Å². The molecule has 2 aromatic carbocycles. The van der Waals surface area contributed by atoms with Gasteiger partial charge in [0.2, 0.25) is 0 Å². The minimum absolute atomic E-state index is 0.0241. The first-order chi connectivity index (χ1) is 16.5. The van der Waals surface area contributed by atoms with Crippen molar-refractivity contribution in [2.24, 2.45) is 17.8 Å². The van der Waals surface area contributed by atoms with Gasteiger partial charge in [0.05, 0.1) is 11.1 Å². The standard InChI is InChI=1S/C29H35FO4/c1-2-3-4-7-20-10-11-23-19-25(17-14-22(23)18-20)34-28(31)21-12-15-24(16-13-21)33-29(32)26-8-5-6-9-27(26)30/h5-6,8-9,12-13,15-16,20,22-23,25H,2-4,7,10-11,14,17-19H2,1H3/t20-,22-,23-,25-/m1/s1. The normalized spacial score (nSPS) is 24.2. The Bertz CT molecular complexity index is 970. The van der Waals surface area contributed by atoms with Crippen molar-refractivity contribution in [3.05, 3.63) is 65.5 Å². The largest absolute Gasteiger partial charge is 0.459 e. The highest BCUT2D eigenvalue weighted by Crippen LogP contribution is 2.44. The summed E-state index contributed by atoms with van der Waals surface area (Å²) in [6, 6.07) is 11.9. The van der Waals surface area contributed by atoms with E-state index in [-0.39, 0.29) is 23.4 Å². The molecular weight excluding hydrogens is 431 g/mol. The Morgan fingerprint density at radius 1 is 0.882 bits per heavy atom. The maximum atomic E-state index is 13.8. The highest BCUT2D eigenvalue weighted by Gasteiger charge is 2.36. The zero-order valence-electron chi connectivity index (χ0n) is 20.0. The molecule has 4 nitrogen and oxygen atoms in total. The molecule has 4 rings (SSSR count). The van der Waals surface area contributed by atoms with Crippen LogP contribution in [0.1, 0.15) is 91.8 Å². The molecule has 2 aliphatic carbocycles. The third-order valence-electron chi connectivity index (χ3n) is 7.56. The van der Waals surface area contributed by atoms with Crippen LogP contribution in [0, 0.1) is 23.6 Å². The summed E-state index contributed by atoms with van der Waals surface area (Å²) in [6.45, 7) is 2.26. The number of hydrogen-bond donors (Lipinski definition) is 0. The number of esters is 2. The minimum Gasteiger partial charge on any atom is -0.459 e. The molecular formula is C29H35FO4. The first-order valence-electron chi connectivity index (χ1n) is 12.8. The van der Waals surface area contributed by atoms with E-state index >= 15 is 0 Å². The first kappa shape index (κ1) is 24.4. The van der Waals surface area contributed by atoms with Gasteiger partial charge in [-0.15, -0.1) is 0 Å². The smallest absolute Gasteiger partial charge is 0.346 e. The Hall–Kier alpha value is -2.69.